The van der Waals surface area contributed by atoms with Crippen LogP contribution in [0.15, 0.2) is 83.7 Å². The SMILES string of the molecule is Cc1ccc(Cn2c(=O)c(C(=O)NCCc3ccccc3)cc3c([N+](=O)[O-])cccc32)cc1. The molecular formula is C26H23N3O4. The number of nitro benzene ring substituents is 1. The molecule has 0 saturated heterocycles. The third-order valence-corrected chi connectivity index (χ3v) is 5.56. The average molecular weight is 441 g/mol. The second-order valence-electron chi connectivity index (χ2n) is 7.89. The zero-order valence-electron chi connectivity index (χ0n) is 18.2. The molecule has 0 radical (unpaired) electrons. The van der Waals surface area contributed by atoms with E-state index in [1.165, 1.54) is 16.7 Å². The summed E-state index contributed by atoms with van der Waals surface area (Å²) in [5.41, 5.74) is 2.66. The Morgan fingerprint density at radius 1 is 0.970 bits per heavy atom. The van der Waals surface area contributed by atoms with Crippen LogP contribution in [0.25, 0.3) is 10.9 Å². The summed E-state index contributed by atoms with van der Waals surface area (Å²) in [6.45, 7) is 2.51. The number of nitro groups is 1. The minimum atomic E-state index is -0.548. The number of non-ortho nitro benzene ring substituents is 1. The molecule has 7 nitrogen and oxygen atoms in total. The lowest BCUT2D eigenvalue weighted by Gasteiger charge is -2.14. The number of aryl methyl sites for hydroxylation is 1. The topological polar surface area (TPSA) is 94.2 Å². The molecule has 4 aromatic rings. The molecule has 0 fully saturated rings. The van der Waals surface area contributed by atoms with Crippen molar-refractivity contribution in [3.05, 3.63) is 122 Å². The molecule has 33 heavy (non-hydrogen) atoms. The van der Waals surface area contributed by atoms with E-state index in [0.717, 1.165) is 16.7 Å². The molecule has 0 unspecified atom stereocenters. The summed E-state index contributed by atoms with van der Waals surface area (Å²) in [6, 6.07) is 23.3. The smallest absolute Gasteiger partial charge is 0.278 e. The lowest BCUT2D eigenvalue weighted by molar-refractivity contribution is -0.383. The summed E-state index contributed by atoms with van der Waals surface area (Å²) < 4.78 is 1.43. The number of aromatic nitrogens is 1. The van der Waals surface area contributed by atoms with Gasteiger partial charge in [-0.2, -0.15) is 0 Å². The molecule has 1 heterocycles. The Balaban J connectivity index is 1.73. The number of pyridine rings is 1. The number of rotatable bonds is 7. The predicted molar refractivity (Wildman–Crippen MR) is 128 cm³/mol. The van der Waals surface area contributed by atoms with Crippen LogP contribution in [0.3, 0.4) is 0 Å². The number of nitrogens with zero attached hydrogens (tertiary/aromatic N) is 2. The first-order valence-electron chi connectivity index (χ1n) is 10.6. The van der Waals surface area contributed by atoms with Crippen molar-refractivity contribution in [2.75, 3.05) is 6.54 Å². The monoisotopic (exact) mass is 441 g/mol. The van der Waals surface area contributed by atoms with Crippen LogP contribution in [0.5, 0.6) is 0 Å². The van der Waals surface area contributed by atoms with E-state index in [-0.39, 0.29) is 23.2 Å². The van der Waals surface area contributed by atoms with Gasteiger partial charge in [0.05, 0.1) is 22.4 Å². The van der Waals surface area contributed by atoms with Crippen LogP contribution in [-0.2, 0) is 13.0 Å². The lowest BCUT2D eigenvalue weighted by atomic mass is 10.1. The maximum atomic E-state index is 13.3. The molecule has 166 valence electrons. The van der Waals surface area contributed by atoms with Crippen molar-refractivity contribution < 1.29 is 9.72 Å². The first-order chi connectivity index (χ1) is 15.9. The molecule has 0 atom stereocenters. The number of carbonyl (C=O) groups is 1. The van der Waals surface area contributed by atoms with Gasteiger partial charge in [-0.1, -0.05) is 66.2 Å². The van der Waals surface area contributed by atoms with Gasteiger partial charge >= 0.3 is 0 Å². The number of amides is 1. The normalized spacial score (nSPS) is 10.8. The van der Waals surface area contributed by atoms with Crippen LogP contribution in [0, 0.1) is 17.0 Å². The van der Waals surface area contributed by atoms with Crippen molar-refractivity contribution in [1.82, 2.24) is 9.88 Å². The van der Waals surface area contributed by atoms with Crippen LogP contribution in [0.4, 0.5) is 5.69 Å². The summed E-state index contributed by atoms with van der Waals surface area (Å²) in [4.78, 5) is 37.4. The average Bonchev–Trinajstić information content (AvgIpc) is 2.82. The van der Waals surface area contributed by atoms with Crippen molar-refractivity contribution in [2.24, 2.45) is 0 Å². The number of benzene rings is 3. The highest BCUT2D eigenvalue weighted by Gasteiger charge is 2.21. The molecule has 1 aromatic heterocycles. The van der Waals surface area contributed by atoms with Crippen LogP contribution >= 0.6 is 0 Å². The van der Waals surface area contributed by atoms with Crippen molar-refractivity contribution in [3.8, 4) is 0 Å². The summed E-state index contributed by atoms with van der Waals surface area (Å²) >= 11 is 0. The third kappa shape index (κ3) is 4.82. The molecule has 0 aliphatic carbocycles. The van der Waals surface area contributed by atoms with E-state index in [9.17, 15) is 19.7 Å². The predicted octanol–water partition coefficient (Wildman–Crippen LogP) is 4.24. The second kappa shape index (κ2) is 9.48. The zero-order valence-corrected chi connectivity index (χ0v) is 18.2. The van der Waals surface area contributed by atoms with E-state index in [1.54, 1.807) is 12.1 Å². The van der Waals surface area contributed by atoms with Gasteiger partial charge in [0, 0.05) is 12.6 Å². The molecule has 4 rings (SSSR count). The van der Waals surface area contributed by atoms with Gasteiger partial charge in [0.2, 0.25) is 0 Å². The zero-order chi connectivity index (χ0) is 23.4. The van der Waals surface area contributed by atoms with Crippen LogP contribution in [-0.4, -0.2) is 21.9 Å². The minimum absolute atomic E-state index is 0.114. The lowest BCUT2D eigenvalue weighted by Crippen LogP contribution is -2.34. The molecule has 3 aromatic carbocycles. The first-order valence-corrected chi connectivity index (χ1v) is 10.6. The number of nitrogens with one attached hydrogen (secondary N) is 1. The number of hydrogen-bond acceptors (Lipinski definition) is 4. The van der Waals surface area contributed by atoms with E-state index in [1.807, 2.05) is 61.5 Å². The van der Waals surface area contributed by atoms with Gasteiger partial charge in [0.25, 0.3) is 17.2 Å². The molecule has 0 saturated carbocycles. The van der Waals surface area contributed by atoms with E-state index in [2.05, 4.69) is 5.32 Å². The van der Waals surface area contributed by atoms with Gasteiger partial charge in [-0.05, 0) is 36.6 Å². The maximum absolute atomic E-state index is 13.3. The van der Waals surface area contributed by atoms with Crippen LogP contribution < -0.4 is 10.9 Å². The van der Waals surface area contributed by atoms with Gasteiger partial charge in [-0.25, -0.2) is 0 Å². The molecule has 0 aliphatic rings. The van der Waals surface area contributed by atoms with Gasteiger partial charge in [0.15, 0.2) is 0 Å². The fourth-order valence-electron chi connectivity index (χ4n) is 3.80. The Kier molecular flexibility index (Phi) is 6.31. The minimum Gasteiger partial charge on any atom is -0.352 e. The summed E-state index contributed by atoms with van der Waals surface area (Å²) in [5, 5.41) is 14.7. The van der Waals surface area contributed by atoms with Crippen LogP contribution in [0.2, 0.25) is 0 Å². The van der Waals surface area contributed by atoms with Crippen molar-refractivity contribution >= 4 is 22.5 Å². The molecule has 7 heteroatoms. The maximum Gasteiger partial charge on any atom is 0.278 e. The summed E-state index contributed by atoms with van der Waals surface area (Å²) in [6.07, 6.45) is 0.609. The Bertz CT molecular complexity index is 1380. The number of fused-ring (bicyclic) bond motifs is 1. The highest BCUT2D eigenvalue weighted by Crippen LogP contribution is 2.25. The number of hydrogen-bond donors (Lipinski definition) is 1. The molecule has 1 N–H and O–H groups in total. The van der Waals surface area contributed by atoms with Gasteiger partial charge in [0.1, 0.15) is 5.56 Å². The largest absolute Gasteiger partial charge is 0.352 e. The molecule has 0 aliphatic heterocycles. The second-order valence-corrected chi connectivity index (χ2v) is 7.89. The quantitative estimate of drug-likeness (QED) is 0.343. The van der Waals surface area contributed by atoms with Crippen LogP contribution in [0.1, 0.15) is 27.0 Å². The Morgan fingerprint density at radius 3 is 2.39 bits per heavy atom. The van der Waals surface area contributed by atoms with Crippen molar-refractivity contribution in [1.29, 1.82) is 0 Å². The van der Waals surface area contributed by atoms with Gasteiger partial charge in [-0.15, -0.1) is 0 Å². The molecule has 1 amide bonds. The van der Waals surface area contributed by atoms with Crippen molar-refractivity contribution in [3.63, 3.8) is 0 Å². The molecule has 0 spiro atoms. The first kappa shape index (κ1) is 22.0. The van der Waals surface area contributed by atoms with E-state index < -0.39 is 16.4 Å². The van der Waals surface area contributed by atoms with Gasteiger partial charge < -0.3 is 9.88 Å². The summed E-state index contributed by atoms with van der Waals surface area (Å²) in [7, 11) is 0. The Hall–Kier alpha value is -4.26. The third-order valence-electron chi connectivity index (χ3n) is 5.56. The highest BCUT2D eigenvalue weighted by atomic mass is 16.6. The van der Waals surface area contributed by atoms with E-state index in [0.29, 0.717) is 18.5 Å². The van der Waals surface area contributed by atoms with E-state index in [4.69, 9.17) is 0 Å². The molecular weight excluding hydrogens is 418 g/mol. The Labute approximate surface area is 190 Å². The van der Waals surface area contributed by atoms with Gasteiger partial charge in [-0.3, -0.25) is 19.7 Å². The fraction of sp³-hybridized carbons (Fsp3) is 0.154. The standard InChI is InChI=1S/C26H23N3O4/c1-18-10-12-20(13-11-18)17-28-23-8-5-9-24(29(32)33)21(23)16-22(26(28)31)25(30)27-15-14-19-6-3-2-4-7-19/h2-13,16H,14-15,17H2,1H3,(H,27,30). The Morgan fingerprint density at radius 2 is 1.70 bits per heavy atom. The fourth-order valence-corrected chi connectivity index (χ4v) is 3.80. The summed E-state index contributed by atoms with van der Waals surface area (Å²) in [5.74, 6) is -0.548. The number of carbonyl (C=O) groups excluding carboxylic acids is 1. The van der Waals surface area contributed by atoms with Crippen molar-refractivity contribution in [2.45, 2.75) is 19.9 Å². The van der Waals surface area contributed by atoms with E-state index >= 15 is 0 Å². The highest BCUT2D eigenvalue weighted by molar-refractivity contribution is 5.99. The molecule has 0 bridgehead atoms.